The number of halogens is 1. The number of likely N-dealkylation sites (tertiary alicyclic amines) is 1. The van der Waals surface area contributed by atoms with Crippen LogP contribution in [0.4, 0.5) is 0 Å². The number of carbonyl (C=O) groups is 2. The van der Waals surface area contributed by atoms with Gasteiger partial charge in [0.1, 0.15) is 5.69 Å². The highest BCUT2D eigenvalue weighted by Gasteiger charge is 2.33. The van der Waals surface area contributed by atoms with Crippen LogP contribution >= 0.6 is 27.3 Å². The minimum absolute atomic E-state index is 0.0847. The Balaban J connectivity index is 1.58. The van der Waals surface area contributed by atoms with Gasteiger partial charge in [-0.2, -0.15) is 0 Å². The summed E-state index contributed by atoms with van der Waals surface area (Å²) in [5, 5.41) is 18.4. The number of imidazole rings is 1. The summed E-state index contributed by atoms with van der Waals surface area (Å²) >= 11 is 4.75. The van der Waals surface area contributed by atoms with Crippen LogP contribution in [0.3, 0.4) is 0 Å². The quantitative estimate of drug-likeness (QED) is 0.224. The minimum atomic E-state index is -0.289. The van der Waals surface area contributed by atoms with Crippen LogP contribution in [0.25, 0.3) is 22.6 Å². The maximum atomic E-state index is 13.0. The van der Waals surface area contributed by atoms with Crippen molar-refractivity contribution in [3.05, 3.63) is 69.0 Å². The molecule has 1 aliphatic heterocycles. The van der Waals surface area contributed by atoms with Crippen molar-refractivity contribution < 1.29 is 14.3 Å². The number of nitrogens with one attached hydrogen (secondary N) is 3. The predicted molar refractivity (Wildman–Crippen MR) is 149 cm³/mol. The number of ether oxygens (including phenoxy) is 1. The first-order valence-corrected chi connectivity index (χ1v) is 13.4. The van der Waals surface area contributed by atoms with Crippen LogP contribution in [-0.4, -0.2) is 62.7 Å². The lowest BCUT2D eigenvalue weighted by molar-refractivity contribution is -0.130. The highest BCUT2D eigenvalue weighted by atomic mass is 79.9. The van der Waals surface area contributed by atoms with Gasteiger partial charge in [-0.15, -0.1) is 11.3 Å². The maximum Gasteiger partial charge on any atom is 0.261 e. The van der Waals surface area contributed by atoms with Crippen LogP contribution in [0.2, 0.25) is 0 Å². The Morgan fingerprint density at radius 3 is 2.74 bits per heavy atom. The van der Waals surface area contributed by atoms with Gasteiger partial charge >= 0.3 is 0 Å². The van der Waals surface area contributed by atoms with Crippen molar-refractivity contribution in [3.63, 3.8) is 0 Å². The number of hydrogen-bond acceptors (Lipinski definition) is 8. The average molecular weight is 594 g/mol. The Bertz CT molecular complexity index is 1530. The molecule has 38 heavy (non-hydrogen) atoms. The zero-order chi connectivity index (χ0) is 26.8. The molecule has 5 rings (SSSR count). The Kier molecular flexibility index (Phi) is 7.34. The van der Waals surface area contributed by atoms with Crippen molar-refractivity contribution in [3.8, 4) is 11.5 Å². The minimum Gasteiger partial charge on any atom is -0.428 e. The summed E-state index contributed by atoms with van der Waals surface area (Å²) in [6.07, 6.45) is 2.98. The van der Waals surface area contributed by atoms with Crippen molar-refractivity contribution in [2.75, 3.05) is 13.1 Å². The van der Waals surface area contributed by atoms with E-state index in [0.29, 0.717) is 53.4 Å². The van der Waals surface area contributed by atoms with Crippen LogP contribution in [0.5, 0.6) is 0 Å². The molecule has 2 unspecified atom stereocenters. The highest BCUT2D eigenvalue weighted by molar-refractivity contribution is 9.11. The number of thiophene rings is 1. The molecule has 194 valence electrons. The maximum absolute atomic E-state index is 13.0. The first-order chi connectivity index (χ1) is 18.3. The number of fused-ring (bicyclic) bond motifs is 1. The molecule has 4 aromatic rings. The third-order valence-corrected chi connectivity index (χ3v) is 8.02. The van der Waals surface area contributed by atoms with E-state index < -0.39 is 0 Å². The zero-order valence-electron chi connectivity index (χ0n) is 20.3. The summed E-state index contributed by atoms with van der Waals surface area (Å²) in [5.74, 6) is 0.198. The van der Waals surface area contributed by atoms with E-state index in [4.69, 9.17) is 20.5 Å². The van der Waals surface area contributed by atoms with Crippen LogP contribution in [0, 0.1) is 10.8 Å². The van der Waals surface area contributed by atoms with Gasteiger partial charge in [-0.1, -0.05) is 6.07 Å². The van der Waals surface area contributed by atoms with Crippen molar-refractivity contribution in [1.29, 1.82) is 10.8 Å². The molecule has 3 N–H and O–H groups in total. The summed E-state index contributed by atoms with van der Waals surface area (Å²) in [6.45, 7) is 2.35. The summed E-state index contributed by atoms with van der Waals surface area (Å²) in [4.78, 5) is 37.2. The topological polar surface area (TPSA) is 137 Å². The van der Waals surface area contributed by atoms with Crippen molar-refractivity contribution in [1.82, 2.24) is 24.8 Å². The number of nitrogens with zero attached hydrogens (tertiary/aromatic N) is 4. The highest BCUT2D eigenvalue weighted by Crippen LogP contribution is 2.33. The van der Waals surface area contributed by atoms with Gasteiger partial charge in [-0.3, -0.25) is 25.4 Å². The van der Waals surface area contributed by atoms with Crippen LogP contribution in [-0.2, 0) is 9.53 Å². The van der Waals surface area contributed by atoms with Gasteiger partial charge in [0, 0.05) is 37.8 Å². The average Bonchev–Trinajstić information content (AvgIpc) is 3.52. The monoisotopic (exact) mass is 593 g/mol. The Morgan fingerprint density at radius 1 is 1.21 bits per heavy atom. The smallest absolute Gasteiger partial charge is 0.261 e. The molecule has 10 nitrogen and oxygen atoms in total. The van der Waals surface area contributed by atoms with Gasteiger partial charge in [0.05, 0.1) is 25.7 Å². The molecule has 1 aliphatic rings. The van der Waals surface area contributed by atoms with Gasteiger partial charge in [0.2, 0.25) is 11.8 Å². The van der Waals surface area contributed by atoms with E-state index in [1.54, 1.807) is 35.4 Å². The lowest BCUT2D eigenvalue weighted by atomic mass is 9.99. The van der Waals surface area contributed by atoms with E-state index in [1.807, 2.05) is 28.8 Å². The standard InChI is InChI=1S/C26H24BrN7O3S/c1-15(35)33-12-17(31-26(36)22-7-8-23(27)38-22)11-18(13-33)34-21-10-16(24(29)37-14-28)5-6-19(21)32-25(34)20-4-2-3-9-30-20/h2-10,14,17-18,28-29H,11-13H2,1H3,(H,31,36). The normalized spacial score (nSPS) is 17.3. The van der Waals surface area contributed by atoms with E-state index in [-0.39, 0.29) is 29.8 Å². The number of piperidine rings is 1. The second kappa shape index (κ2) is 10.8. The van der Waals surface area contributed by atoms with Gasteiger partial charge in [0.15, 0.2) is 12.2 Å². The fourth-order valence-electron chi connectivity index (χ4n) is 4.72. The summed E-state index contributed by atoms with van der Waals surface area (Å²) in [5.41, 5.74) is 2.59. The zero-order valence-corrected chi connectivity index (χ0v) is 22.8. The first-order valence-electron chi connectivity index (χ1n) is 11.8. The Morgan fingerprint density at radius 2 is 2.05 bits per heavy atom. The molecule has 3 aromatic heterocycles. The number of benzene rings is 1. The van der Waals surface area contributed by atoms with Gasteiger partial charge in [-0.05, 0) is 64.8 Å². The fourth-order valence-corrected chi connectivity index (χ4v) is 6.01. The van der Waals surface area contributed by atoms with E-state index in [1.165, 1.54) is 18.3 Å². The molecule has 0 radical (unpaired) electrons. The molecule has 1 fully saturated rings. The van der Waals surface area contributed by atoms with Crippen LogP contribution < -0.4 is 5.32 Å². The molecule has 2 amide bonds. The third-order valence-electron chi connectivity index (χ3n) is 6.39. The number of pyridine rings is 1. The number of amides is 2. The molecule has 0 saturated carbocycles. The van der Waals surface area contributed by atoms with Crippen molar-refractivity contribution in [2.45, 2.75) is 25.4 Å². The largest absolute Gasteiger partial charge is 0.428 e. The molecule has 2 atom stereocenters. The SMILES string of the molecule is CC(=O)N1CC(NC(=O)c2ccc(Br)s2)CC(n2c(-c3ccccn3)nc3ccc(C(=N)OC=N)cc32)C1. The van der Waals surface area contributed by atoms with E-state index in [9.17, 15) is 9.59 Å². The fraction of sp³-hybridized carbons (Fsp3) is 0.231. The Hall–Kier alpha value is -3.90. The summed E-state index contributed by atoms with van der Waals surface area (Å²) in [7, 11) is 0. The van der Waals surface area contributed by atoms with E-state index in [0.717, 1.165) is 9.30 Å². The van der Waals surface area contributed by atoms with Crippen molar-refractivity contribution in [2.24, 2.45) is 0 Å². The molecular formula is C26H24BrN7O3S. The van der Waals surface area contributed by atoms with Gasteiger partial charge < -0.3 is 19.5 Å². The van der Waals surface area contributed by atoms with E-state index >= 15 is 0 Å². The number of hydrogen-bond donors (Lipinski definition) is 3. The second-order valence-electron chi connectivity index (χ2n) is 8.88. The Labute approximate surface area is 230 Å². The molecule has 1 aromatic carbocycles. The van der Waals surface area contributed by atoms with Gasteiger partial charge in [0.25, 0.3) is 5.91 Å². The van der Waals surface area contributed by atoms with Crippen LogP contribution in [0.15, 0.2) is 58.5 Å². The first kappa shape index (κ1) is 25.7. The molecule has 4 heterocycles. The lowest BCUT2D eigenvalue weighted by Gasteiger charge is -2.38. The molecule has 0 spiro atoms. The molecule has 1 saturated heterocycles. The van der Waals surface area contributed by atoms with E-state index in [2.05, 4.69) is 26.2 Å². The molecular weight excluding hydrogens is 570 g/mol. The number of rotatable bonds is 6. The second-order valence-corrected chi connectivity index (χ2v) is 11.3. The number of carbonyl (C=O) groups excluding carboxylic acids is 2. The third kappa shape index (κ3) is 5.22. The van der Waals surface area contributed by atoms with Crippen molar-refractivity contribution >= 4 is 62.4 Å². The number of aromatic nitrogens is 3. The van der Waals surface area contributed by atoms with Gasteiger partial charge in [-0.25, -0.2) is 4.98 Å². The molecule has 0 aliphatic carbocycles. The summed E-state index contributed by atoms with van der Waals surface area (Å²) in [6, 6.07) is 14.0. The summed E-state index contributed by atoms with van der Waals surface area (Å²) < 4.78 is 7.89. The lowest BCUT2D eigenvalue weighted by Crippen LogP contribution is -2.52. The van der Waals surface area contributed by atoms with Crippen LogP contribution in [0.1, 0.15) is 34.6 Å². The predicted octanol–water partition coefficient (Wildman–Crippen LogP) is 4.46. The molecule has 12 heteroatoms. The molecule has 0 bridgehead atoms.